The Morgan fingerprint density at radius 1 is 1.14 bits per heavy atom. The smallest absolute Gasteiger partial charge is 0.277 e. The van der Waals surface area contributed by atoms with Crippen LogP contribution < -0.4 is 10.9 Å². The van der Waals surface area contributed by atoms with Gasteiger partial charge in [0.2, 0.25) is 5.91 Å². The van der Waals surface area contributed by atoms with Gasteiger partial charge >= 0.3 is 0 Å². The Morgan fingerprint density at radius 2 is 1.83 bits per heavy atom. The van der Waals surface area contributed by atoms with Crippen LogP contribution in [0.4, 0.5) is 0 Å². The van der Waals surface area contributed by atoms with Crippen molar-refractivity contribution in [3.05, 3.63) is 70.5 Å². The number of rotatable bonds is 8. The maximum absolute atomic E-state index is 13.0. The first kappa shape index (κ1) is 24.2. The van der Waals surface area contributed by atoms with Gasteiger partial charge in [-0.15, -0.1) is 10.2 Å². The van der Waals surface area contributed by atoms with Crippen LogP contribution >= 0.6 is 11.8 Å². The van der Waals surface area contributed by atoms with E-state index in [1.807, 2.05) is 50.2 Å². The van der Waals surface area contributed by atoms with E-state index in [1.165, 1.54) is 4.68 Å². The molecule has 35 heavy (non-hydrogen) atoms. The molecule has 1 N–H and O–H groups in total. The predicted molar refractivity (Wildman–Crippen MR) is 133 cm³/mol. The average Bonchev–Trinajstić information content (AvgIpc) is 3.34. The number of nitriles is 1. The van der Waals surface area contributed by atoms with E-state index >= 15 is 0 Å². The molecule has 9 nitrogen and oxygen atoms in total. The van der Waals surface area contributed by atoms with E-state index in [0.717, 1.165) is 17.3 Å². The van der Waals surface area contributed by atoms with E-state index in [0.29, 0.717) is 23.0 Å². The molecule has 0 radical (unpaired) electrons. The van der Waals surface area contributed by atoms with Crippen LogP contribution in [0.3, 0.4) is 0 Å². The number of amides is 1. The lowest BCUT2D eigenvalue weighted by Gasteiger charge is -2.27. The molecule has 4 rings (SSSR count). The molecule has 0 spiro atoms. The Bertz CT molecular complexity index is 1460. The van der Waals surface area contributed by atoms with Gasteiger partial charge in [-0.25, -0.2) is 4.68 Å². The second-order valence-electron chi connectivity index (χ2n) is 8.52. The highest BCUT2D eigenvalue weighted by Crippen LogP contribution is 2.27. The number of carbonyl (C=O) groups excluding carboxylic acids is 1. The molecule has 10 heteroatoms. The summed E-state index contributed by atoms with van der Waals surface area (Å²) in [6.45, 7) is 5.72. The van der Waals surface area contributed by atoms with Gasteiger partial charge in [0.25, 0.3) is 16.7 Å². The number of nitrogens with zero attached hydrogens (tertiary/aromatic N) is 5. The molecule has 0 aliphatic heterocycles. The topological polar surface area (TPSA) is 127 Å². The predicted octanol–water partition coefficient (Wildman–Crippen LogP) is 3.64. The summed E-state index contributed by atoms with van der Waals surface area (Å²) in [7, 11) is 0. The van der Waals surface area contributed by atoms with Gasteiger partial charge in [0.15, 0.2) is 5.69 Å². The second-order valence-corrected chi connectivity index (χ2v) is 9.45. The first-order valence-corrected chi connectivity index (χ1v) is 12.0. The maximum Gasteiger partial charge on any atom is 0.277 e. The van der Waals surface area contributed by atoms with Crippen LogP contribution in [0.25, 0.3) is 22.4 Å². The largest absolute Gasteiger partial charge is 0.409 e. The third-order valence-corrected chi connectivity index (χ3v) is 6.58. The van der Waals surface area contributed by atoms with Crippen molar-refractivity contribution in [1.29, 1.82) is 5.26 Å². The summed E-state index contributed by atoms with van der Waals surface area (Å²) in [6, 6.07) is 18.8. The number of aromatic nitrogens is 4. The number of thioether (sulfide) groups is 1. The monoisotopic (exact) mass is 488 g/mol. The number of benzene rings is 2. The standard InChI is InChI=1S/C25H24N6O3S/c1-16(2)25(3,15-26)27-20(32)14-35-24-29-28-22(34-24)21-18-11-7-8-12-19(18)23(33)31(30-21)13-17-9-5-4-6-10-17/h4-12,16H,13-14H2,1-3H3,(H,27,32)/t25-/m1/s1. The lowest BCUT2D eigenvalue weighted by atomic mass is 9.90. The molecule has 0 saturated heterocycles. The van der Waals surface area contributed by atoms with Crippen molar-refractivity contribution >= 4 is 28.4 Å². The van der Waals surface area contributed by atoms with Crippen LogP contribution in [0.1, 0.15) is 26.3 Å². The first-order chi connectivity index (χ1) is 16.8. The molecule has 0 bridgehead atoms. The highest BCUT2D eigenvalue weighted by atomic mass is 32.2. The summed E-state index contributed by atoms with van der Waals surface area (Å²) in [5.41, 5.74) is 0.135. The molecule has 0 fully saturated rings. The average molecular weight is 489 g/mol. The summed E-state index contributed by atoms with van der Waals surface area (Å²) in [4.78, 5) is 25.4. The SMILES string of the molecule is CC(C)[C@@](C)(C#N)NC(=O)CSc1nnc(-c2nn(Cc3ccccc3)c(=O)c3ccccc23)o1. The fourth-order valence-electron chi connectivity index (χ4n) is 3.37. The molecule has 0 saturated carbocycles. The van der Waals surface area contributed by atoms with Crippen molar-refractivity contribution < 1.29 is 9.21 Å². The second kappa shape index (κ2) is 10.1. The van der Waals surface area contributed by atoms with Gasteiger partial charge in [0.1, 0.15) is 5.54 Å². The minimum atomic E-state index is -0.965. The Morgan fingerprint density at radius 3 is 2.51 bits per heavy atom. The van der Waals surface area contributed by atoms with Crippen LogP contribution in [0.5, 0.6) is 0 Å². The fraction of sp³-hybridized carbons (Fsp3) is 0.280. The lowest BCUT2D eigenvalue weighted by molar-refractivity contribution is -0.120. The van der Waals surface area contributed by atoms with Crippen molar-refractivity contribution in [3.63, 3.8) is 0 Å². The van der Waals surface area contributed by atoms with E-state index in [4.69, 9.17) is 4.42 Å². The van der Waals surface area contributed by atoms with Crippen LogP contribution in [0.2, 0.25) is 0 Å². The summed E-state index contributed by atoms with van der Waals surface area (Å²) >= 11 is 1.06. The Labute approximate surface area is 206 Å². The quantitative estimate of drug-likeness (QED) is 0.373. The number of hydrogen-bond donors (Lipinski definition) is 1. The molecule has 2 aromatic heterocycles. The van der Waals surface area contributed by atoms with Gasteiger partial charge in [0.05, 0.1) is 23.8 Å². The van der Waals surface area contributed by atoms with Gasteiger partial charge in [-0.1, -0.05) is 74.1 Å². The Kier molecular flexibility index (Phi) is 6.98. The minimum absolute atomic E-state index is 0.00725. The summed E-state index contributed by atoms with van der Waals surface area (Å²) in [6.07, 6.45) is 0. The molecular weight excluding hydrogens is 464 g/mol. The van der Waals surface area contributed by atoms with Gasteiger partial charge < -0.3 is 9.73 Å². The molecule has 2 aromatic carbocycles. The highest BCUT2D eigenvalue weighted by molar-refractivity contribution is 7.99. The number of carbonyl (C=O) groups is 1. The Balaban J connectivity index is 1.59. The number of fused-ring (bicyclic) bond motifs is 1. The van der Waals surface area contributed by atoms with Crippen molar-refractivity contribution in [1.82, 2.24) is 25.3 Å². The Hall–Kier alpha value is -3.97. The third kappa shape index (κ3) is 5.25. The number of nitrogens with one attached hydrogen (secondary N) is 1. The highest BCUT2D eigenvalue weighted by Gasteiger charge is 2.30. The van der Waals surface area contributed by atoms with Crippen molar-refractivity contribution in [3.8, 4) is 17.7 Å². The first-order valence-electron chi connectivity index (χ1n) is 11.0. The van der Waals surface area contributed by atoms with Gasteiger partial charge in [-0.05, 0) is 24.5 Å². The van der Waals surface area contributed by atoms with Gasteiger partial charge in [-0.3, -0.25) is 9.59 Å². The van der Waals surface area contributed by atoms with E-state index < -0.39 is 5.54 Å². The molecule has 4 aromatic rings. The minimum Gasteiger partial charge on any atom is -0.409 e. The van der Waals surface area contributed by atoms with Crippen molar-refractivity contribution in [2.75, 3.05) is 5.75 Å². The van der Waals surface area contributed by atoms with Gasteiger partial charge in [0, 0.05) is 5.39 Å². The van der Waals surface area contributed by atoms with Crippen molar-refractivity contribution in [2.45, 2.75) is 38.1 Å². The van der Waals surface area contributed by atoms with Crippen LogP contribution in [-0.4, -0.2) is 37.2 Å². The number of hydrogen-bond acceptors (Lipinski definition) is 8. The third-order valence-electron chi connectivity index (χ3n) is 5.76. The summed E-state index contributed by atoms with van der Waals surface area (Å²) < 4.78 is 7.18. The maximum atomic E-state index is 13.0. The van der Waals surface area contributed by atoms with E-state index in [-0.39, 0.29) is 34.3 Å². The van der Waals surface area contributed by atoms with E-state index in [1.54, 1.807) is 25.1 Å². The van der Waals surface area contributed by atoms with Crippen LogP contribution in [0.15, 0.2) is 69.0 Å². The zero-order valence-corrected chi connectivity index (χ0v) is 20.4. The zero-order valence-electron chi connectivity index (χ0n) is 19.6. The van der Waals surface area contributed by atoms with Crippen molar-refractivity contribution in [2.24, 2.45) is 5.92 Å². The normalized spacial score (nSPS) is 12.9. The molecular formula is C25H24N6O3S. The van der Waals surface area contributed by atoms with E-state index in [9.17, 15) is 14.9 Å². The van der Waals surface area contributed by atoms with Crippen LogP contribution in [0, 0.1) is 17.2 Å². The molecule has 0 aliphatic rings. The molecule has 2 heterocycles. The molecule has 178 valence electrons. The van der Waals surface area contributed by atoms with E-state index in [2.05, 4.69) is 26.7 Å². The van der Waals surface area contributed by atoms with Gasteiger partial charge in [-0.2, -0.15) is 10.4 Å². The fourth-order valence-corrected chi connectivity index (χ4v) is 3.94. The molecule has 0 unspecified atom stereocenters. The molecule has 0 aliphatic carbocycles. The van der Waals surface area contributed by atoms with Crippen LogP contribution in [-0.2, 0) is 11.3 Å². The zero-order chi connectivity index (χ0) is 25.0. The lowest BCUT2D eigenvalue weighted by Crippen LogP contribution is -2.49. The molecule has 1 atom stereocenters. The summed E-state index contributed by atoms with van der Waals surface area (Å²) in [5, 5.41) is 26.1. The molecule has 1 amide bonds. The summed E-state index contributed by atoms with van der Waals surface area (Å²) in [5.74, 6) is -0.211.